The van der Waals surface area contributed by atoms with Crippen molar-refractivity contribution in [2.45, 2.75) is 20.0 Å². The minimum Gasteiger partial charge on any atom is -0.488 e. The Morgan fingerprint density at radius 2 is 1.67 bits per heavy atom. The Bertz CT molecular complexity index is 552. The van der Waals surface area contributed by atoms with Crippen molar-refractivity contribution in [1.82, 2.24) is 0 Å². The molecule has 2 nitrogen and oxygen atoms in total. The van der Waals surface area contributed by atoms with Crippen molar-refractivity contribution in [3.8, 4) is 11.8 Å². The van der Waals surface area contributed by atoms with Gasteiger partial charge in [0.05, 0.1) is 5.56 Å². The third-order valence-corrected chi connectivity index (χ3v) is 2.83. The molecular formula is C16H15NO. The molecule has 2 heteroatoms. The zero-order valence-corrected chi connectivity index (χ0v) is 10.4. The highest BCUT2D eigenvalue weighted by Gasteiger charge is 2.02. The van der Waals surface area contributed by atoms with Crippen molar-refractivity contribution in [2.24, 2.45) is 0 Å². The zero-order chi connectivity index (χ0) is 12.8. The monoisotopic (exact) mass is 237 g/mol. The third-order valence-electron chi connectivity index (χ3n) is 2.83. The van der Waals surface area contributed by atoms with Crippen molar-refractivity contribution in [1.29, 1.82) is 5.26 Å². The summed E-state index contributed by atoms with van der Waals surface area (Å²) >= 11 is 0. The Morgan fingerprint density at radius 3 is 2.33 bits per heavy atom. The van der Waals surface area contributed by atoms with Crippen molar-refractivity contribution in [3.05, 3.63) is 65.2 Å². The summed E-state index contributed by atoms with van der Waals surface area (Å²) < 4.78 is 5.67. The lowest BCUT2D eigenvalue weighted by Gasteiger charge is -2.08. The van der Waals surface area contributed by atoms with Gasteiger partial charge in [-0.1, -0.05) is 43.3 Å². The third kappa shape index (κ3) is 2.89. The van der Waals surface area contributed by atoms with Crippen molar-refractivity contribution >= 4 is 0 Å². The van der Waals surface area contributed by atoms with Crippen LogP contribution in [0, 0.1) is 11.3 Å². The smallest absolute Gasteiger partial charge is 0.137 e. The maximum Gasteiger partial charge on any atom is 0.137 e. The largest absolute Gasteiger partial charge is 0.488 e. The highest BCUT2D eigenvalue weighted by molar-refractivity contribution is 5.42. The van der Waals surface area contributed by atoms with Gasteiger partial charge in [-0.05, 0) is 29.7 Å². The Labute approximate surface area is 107 Å². The molecule has 0 bridgehead atoms. The van der Waals surface area contributed by atoms with Gasteiger partial charge in [-0.15, -0.1) is 0 Å². The molecule has 0 saturated carbocycles. The van der Waals surface area contributed by atoms with E-state index in [2.05, 4.69) is 37.3 Å². The molecule has 0 aromatic heterocycles. The molecule has 0 spiro atoms. The van der Waals surface area contributed by atoms with Crippen LogP contribution in [0.2, 0.25) is 0 Å². The van der Waals surface area contributed by atoms with Crippen LogP contribution in [0.1, 0.15) is 23.6 Å². The highest BCUT2D eigenvalue weighted by Crippen LogP contribution is 2.18. The zero-order valence-electron chi connectivity index (χ0n) is 10.4. The molecule has 0 heterocycles. The van der Waals surface area contributed by atoms with Crippen LogP contribution in [0.4, 0.5) is 0 Å². The lowest BCUT2D eigenvalue weighted by molar-refractivity contribution is 0.305. The van der Waals surface area contributed by atoms with Gasteiger partial charge in [0.2, 0.25) is 0 Å². The van der Waals surface area contributed by atoms with Crippen LogP contribution in [-0.4, -0.2) is 0 Å². The van der Waals surface area contributed by atoms with E-state index in [1.165, 1.54) is 5.56 Å². The second kappa shape index (κ2) is 5.88. The van der Waals surface area contributed by atoms with Gasteiger partial charge in [0.1, 0.15) is 18.4 Å². The summed E-state index contributed by atoms with van der Waals surface area (Å²) in [5.41, 5.74) is 3.00. The van der Waals surface area contributed by atoms with E-state index >= 15 is 0 Å². The van der Waals surface area contributed by atoms with E-state index in [0.717, 1.165) is 12.0 Å². The number of hydrogen-bond acceptors (Lipinski definition) is 2. The summed E-state index contributed by atoms with van der Waals surface area (Å²) in [5.74, 6) is 0.638. The van der Waals surface area contributed by atoms with Crippen molar-refractivity contribution in [3.63, 3.8) is 0 Å². The summed E-state index contributed by atoms with van der Waals surface area (Å²) in [6.45, 7) is 2.62. The summed E-state index contributed by atoms with van der Waals surface area (Å²) in [5, 5.41) is 8.95. The molecule has 0 amide bonds. The van der Waals surface area contributed by atoms with Gasteiger partial charge in [-0.2, -0.15) is 5.26 Å². The fraction of sp³-hybridized carbons (Fsp3) is 0.188. The first-order valence-corrected chi connectivity index (χ1v) is 6.03. The Morgan fingerprint density at radius 1 is 1.00 bits per heavy atom. The summed E-state index contributed by atoms with van der Waals surface area (Å²) in [7, 11) is 0. The molecule has 0 fully saturated rings. The standard InChI is InChI=1S/C16H15NO/c1-2-13-7-9-14(10-8-13)12-18-16-6-4-3-5-15(16)11-17/h3-10H,2,12H2,1H3. The molecule has 2 aromatic carbocycles. The Balaban J connectivity index is 2.05. The fourth-order valence-corrected chi connectivity index (χ4v) is 1.72. The number of rotatable bonds is 4. The molecule has 2 rings (SSSR count). The number of nitriles is 1. The lowest BCUT2D eigenvalue weighted by atomic mass is 10.1. The Hall–Kier alpha value is -2.27. The van der Waals surface area contributed by atoms with E-state index < -0.39 is 0 Å². The molecule has 0 unspecified atom stereocenters. The van der Waals surface area contributed by atoms with Gasteiger partial charge in [-0.25, -0.2) is 0 Å². The number of para-hydroxylation sites is 1. The average Bonchev–Trinajstić information content (AvgIpc) is 2.46. The van der Waals surface area contributed by atoms with Gasteiger partial charge in [0.15, 0.2) is 0 Å². The summed E-state index contributed by atoms with van der Waals surface area (Å²) in [6, 6.07) is 17.7. The van der Waals surface area contributed by atoms with Crippen LogP contribution < -0.4 is 4.74 Å². The first-order valence-electron chi connectivity index (χ1n) is 6.03. The van der Waals surface area contributed by atoms with Gasteiger partial charge < -0.3 is 4.74 Å². The average molecular weight is 237 g/mol. The molecule has 18 heavy (non-hydrogen) atoms. The van der Waals surface area contributed by atoms with Crippen LogP contribution >= 0.6 is 0 Å². The van der Waals surface area contributed by atoms with Crippen molar-refractivity contribution in [2.75, 3.05) is 0 Å². The highest BCUT2D eigenvalue weighted by atomic mass is 16.5. The molecule has 0 aliphatic carbocycles. The lowest BCUT2D eigenvalue weighted by Crippen LogP contribution is -1.97. The van der Waals surface area contributed by atoms with Gasteiger partial charge in [-0.3, -0.25) is 0 Å². The maximum atomic E-state index is 8.95. The fourth-order valence-electron chi connectivity index (χ4n) is 1.72. The summed E-state index contributed by atoms with van der Waals surface area (Å²) in [4.78, 5) is 0. The predicted octanol–water partition coefficient (Wildman–Crippen LogP) is 3.70. The van der Waals surface area contributed by atoms with Crippen LogP contribution in [0.15, 0.2) is 48.5 Å². The normalized spacial score (nSPS) is 9.78. The summed E-state index contributed by atoms with van der Waals surface area (Å²) in [6.07, 6.45) is 1.04. The molecule has 0 radical (unpaired) electrons. The minimum atomic E-state index is 0.489. The second-order valence-electron chi connectivity index (χ2n) is 4.07. The molecule has 0 saturated heterocycles. The quantitative estimate of drug-likeness (QED) is 0.812. The van der Waals surface area contributed by atoms with Crippen LogP contribution in [0.25, 0.3) is 0 Å². The van der Waals surface area contributed by atoms with Gasteiger partial charge in [0.25, 0.3) is 0 Å². The molecule has 0 atom stereocenters. The SMILES string of the molecule is CCc1ccc(COc2ccccc2C#N)cc1. The van der Waals surface area contributed by atoms with E-state index in [4.69, 9.17) is 10.00 Å². The molecule has 2 aromatic rings. The topological polar surface area (TPSA) is 33.0 Å². The molecule has 90 valence electrons. The number of benzene rings is 2. The van der Waals surface area contributed by atoms with E-state index in [1.54, 1.807) is 6.07 Å². The Kier molecular flexibility index (Phi) is 3.98. The molecule has 0 aliphatic rings. The van der Waals surface area contributed by atoms with E-state index in [9.17, 15) is 0 Å². The molecule has 0 N–H and O–H groups in total. The van der Waals surface area contributed by atoms with E-state index in [1.807, 2.05) is 18.2 Å². The van der Waals surface area contributed by atoms with Gasteiger partial charge >= 0.3 is 0 Å². The van der Waals surface area contributed by atoms with E-state index in [0.29, 0.717) is 17.9 Å². The number of nitrogens with zero attached hydrogens (tertiary/aromatic N) is 1. The van der Waals surface area contributed by atoms with Crippen molar-refractivity contribution < 1.29 is 4.74 Å². The number of hydrogen-bond donors (Lipinski definition) is 0. The predicted molar refractivity (Wildman–Crippen MR) is 71.3 cm³/mol. The number of ether oxygens (including phenoxy) is 1. The first kappa shape index (κ1) is 12.2. The minimum absolute atomic E-state index is 0.489. The van der Waals surface area contributed by atoms with Crippen LogP contribution in [-0.2, 0) is 13.0 Å². The van der Waals surface area contributed by atoms with E-state index in [-0.39, 0.29) is 0 Å². The van der Waals surface area contributed by atoms with Crippen LogP contribution in [0.3, 0.4) is 0 Å². The molecular weight excluding hydrogens is 222 g/mol. The number of aryl methyl sites for hydroxylation is 1. The first-order chi connectivity index (χ1) is 8.83. The maximum absolute atomic E-state index is 8.95. The second-order valence-corrected chi connectivity index (χ2v) is 4.07. The van der Waals surface area contributed by atoms with Gasteiger partial charge in [0, 0.05) is 0 Å². The van der Waals surface area contributed by atoms with Crippen LogP contribution in [0.5, 0.6) is 5.75 Å². The molecule has 0 aliphatic heterocycles.